The molecule has 0 unspecified atom stereocenters. The fraction of sp³-hybridized carbons (Fsp3) is 0. The number of benzene rings is 10. The van der Waals surface area contributed by atoms with E-state index in [1.807, 2.05) is 103 Å². The molecule has 12 aromatic rings. The summed E-state index contributed by atoms with van der Waals surface area (Å²) in [6.45, 7) is 0. The van der Waals surface area contributed by atoms with Gasteiger partial charge in [0.05, 0.1) is 0 Å². The molecule has 0 saturated heterocycles. The molecule has 0 spiro atoms. The summed E-state index contributed by atoms with van der Waals surface area (Å²) >= 11 is 0. The van der Waals surface area contributed by atoms with Gasteiger partial charge < -0.3 is 13.7 Å². The number of hydrogen-bond acceptors (Lipinski definition) is 3. The molecule has 61 heavy (non-hydrogen) atoms. The fourth-order valence-corrected chi connectivity index (χ4v) is 9.13. The van der Waals surface area contributed by atoms with Gasteiger partial charge in [0.1, 0.15) is 11.2 Å². The van der Waals surface area contributed by atoms with E-state index in [4.69, 9.17) is 8.83 Å². The quantitative estimate of drug-likeness (QED) is 0.168. The van der Waals surface area contributed by atoms with Gasteiger partial charge in [-0.15, -0.1) is 0 Å². The average Bonchev–Trinajstić information content (AvgIpc) is 3.92. The third-order valence-corrected chi connectivity index (χ3v) is 12.0. The topological polar surface area (TPSA) is 29.5 Å². The molecular formula is C56H33F2NO2. The van der Waals surface area contributed by atoms with Crippen LogP contribution in [0.2, 0.25) is 0 Å². The molecule has 10 aromatic carbocycles. The highest BCUT2D eigenvalue weighted by molar-refractivity contribution is 6.22. The van der Waals surface area contributed by atoms with Crippen LogP contribution in [0.15, 0.2) is 209 Å². The summed E-state index contributed by atoms with van der Waals surface area (Å²) in [6, 6.07) is 66.6. The molecule has 0 amide bonds. The van der Waals surface area contributed by atoms with E-state index in [0.29, 0.717) is 11.2 Å². The lowest BCUT2D eigenvalue weighted by Crippen LogP contribution is -2.09. The first-order chi connectivity index (χ1) is 30.1. The molecule has 0 radical (unpaired) electrons. The highest BCUT2D eigenvalue weighted by Crippen LogP contribution is 2.44. The number of hydrogen-bond donors (Lipinski definition) is 0. The monoisotopic (exact) mass is 789 g/mol. The average molecular weight is 790 g/mol. The van der Waals surface area contributed by atoms with Gasteiger partial charge in [-0.05, 0) is 92.3 Å². The molecule has 2 heterocycles. The Morgan fingerprint density at radius 1 is 0.311 bits per heavy atom. The van der Waals surface area contributed by atoms with Crippen molar-refractivity contribution >= 4 is 82.5 Å². The van der Waals surface area contributed by atoms with Crippen molar-refractivity contribution in [2.45, 2.75) is 0 Å². The zero-order valence-electron chi connectivity index (χ0n) is 32.6. The molecule has 3 nitrogen and oxygen atoms in total. The minimum Gasteiger partial charge on any atom is -0.452 e. The van der Waals surface area contributed by atoms with Crippen LogP contribution in [0.25, 0.3) is 98.8 Å². The Bertz CT molecular complexity index is 3440. The van der Waals surface area contributed by atoms with Gasteiger partial charge >= 0.3 is 0 Å². The smallest absolute Gasteiger partial charge is 0.171 e. The normalized spacial score (nSPS) is 11.8. The molecule has 0 aliphatic carbocycles. The van der Waals surface area contributed by atoms with Gasteiger partial charge in [0.2, 0.25) is 0 Å². The predicted molar refractivity (Wildman–Crippen MR) is 247 cm³/mol. The van der Waals surface area contributed by atoms with Crippen molar-refractivity contribution < 1.29 is 17.6 Å². The zero-order chi connectivity index (χ0) is 40.6. The summed E-state index contributed by atoms with van der Waals surface area (Å²) in [5.74, 6) is -0.745. The van der Waals surface area contributed by atoms with E-state index in [9.17, 15) is 0 Å². The van der Waals surface area contributed by atoms with Crippen LogP contribution in [0.3, 0.4) is 0 Å². The van der Waals surface area contributed by atoms with E-state index >= 15 is 8.78 Å². The van der Waals surface area contributed by atoms with Crippen LogP contribution in [0, 0.1) is 11.6 Å². The van der Waals surface area contributed by atoms with Crippen molar-refractivity contribution in [1.29, 1.82) is 0 Å². The molecule has 0 fully saturated rings. The maximum Gasteiger partial charge on any atom is 0.171 e. The van der Waals surface area contributed by atoms with Crippen LogP contribution < -0.4 is 4.90 Å². The number of halogens is 2. The number of rotatable bonds is 6. The van der Waals surface area contributed by atoms with E-state index in [2.05, 4.69) is 89.8 Å². The lowest BCUT2D eigenvalue weighted by molar-refractivity contribution is 0.586. The van der Waals surface area contributed by atoms with Crippen LogP contribution >= 0.6 is 0 Å². The van der Waals surface area contributed by atoms with Crippen LogP contribution in [-0.4, -0.2) is 0 Å². The number of fused-ring (bicyclic) bond motifs is 10. The molecular weight excluding hydrogens is 757 g/mol. The van der Waals surface area contributed by atoms with E-state index in [1.165, 1.54) is 0 Å². The van der Waals surface area contributed by atoms with Gasteiger partial charge in [-0.25, -0.2) is 8.78 Å². The maximum absolute atomic E-state index is 15.5. The third kappa shape index (κ3) is 5.62. The van der Waals surface area contributed by atoms with Crippen molar-refractivity contribution in [3.05, 3.63) is 212 Å². The van der Waals surface area contributed by atoms with E-state index in [1.54, 1.807) is 12.1 Å². The lowest BCUT2D eigenvalue weighted by atomic mass is 9.99. The van der Waals surface area contributed by atoms with Gasteiger partial charge in [0.15, 0.2) is 22.8 Å². The second-order valence-corrected chi connectivity index (χ2v) is 15.5. The van der Waals surface area contributed by atoms with Crippen LogP contribution in [-0.2, 0) is 0 Å². The summed E-state index contributed by atoms with van der Waals surface area (Å²) in [6.07, 6.45) is 0. The van der Waals surface area contributed by atoms with E-state index in [-0.39, 0.29) is 22.8 Å². The number of para-hydroxylation sites is 2. The highest BCUT2D eigenvalue weighted by atomic mass is 19.1. The summed E-state index contributed by atoms with van der Waals surface area (Å²) in [5.41, 5.74) is 10.7. The van der Waals surface area contributed by atoms with Gasteiger partial charge in [0, 0.05) is 49.7 Å². The van der Waals surface area contributed by atoms with Crippen LogP contribution in [0.5, 0.6) is 0 Å². The Labute approximate surface area is 348 Å². The number of furan rings is 2. The Balaban J connectivity index is 0.959. The number of nitrogens with zero attached hydrogens (tertiary/aromatic N) is 1. The molecule has 0 bridgehead atoms. The summed E-state index contributed by atoms with van der Waals surface area (Å²) in [7, 11) is 0. The molecule has 2 aromatic heterocycles. The van der Waals surface area contributed by atoms with Gasteiger partial charge in [-0.3, -0.25) is 0 Å². The van der Waals surface area contributed by atoms with Gasteiger partial charge in [0.25, 0.3) is 0 Å². The van der Waals surface area contributed by atoms with Crippen molar-refractivity contribution in [3.8, 4) is 33.4 Å². The van der Waals surface area contributed by atoms with Gasteiger partial charge in [-0.2, -0.15) is 0 Å². The minimum absolute atomic E-state index is 0.267. The lowest BCUT2D eigenvalue weighted by Gasteiger charge is -2.26. The Morgan fingerprint density at radius 3 is 1.15 bits per heavy atom. The first-order valence-corrected chi connectivity index (χ1v) is 20.3. The maximum atomic E-state index is 15.5. The molecule has 0 saturated carbocycles. The van der Waals surface area contributed by atoms with E-state index < -0.39 is 0 Å². The molecule has 0 atom stereocenters. The molecule has 12 rings (SSSR count). The third-order valence-electron chi connectivity index (χ3n) is 12.0. The Hall–Kier alpha value is -8.02. The highest BCUT2D eigenvalue weighted by Gasteiger charge is 2.21. The zero-order valence-corrected chi connectivity index (χ0v) is 32.6. The second-order valence-electron chi connectivity index (χ2n) is 15.5. The minimum atomic E-state index is -0.372. The predicted octanol–water partition coefficient (Wildman–Crippen LogP) is 16.5. The molecule has 0 N–H and O–H groups in total. The SMILES string of the molecule is Fc1cc2ccccc2c2c1oc1c(-c3ccc(N(c4ccc(-c5ccccc5)cc4)c4ccc(-c5cccc6c5oc5c(F)cc7ccccc7c56)cc4)cc3)cccc12. The van der Waals surface area contributed by atoms with Crippen molar-refractivity contribution in [2.24, 2.45) is 0 Å². The van der Waals surface area contributed by atoms with Crippen molar-refractivity contribution in [2.75, 3.05) is 4.90 Å². The summed E-state index contributed by atoms with van der Waals surface area (Å²) in [4.78, 5) is 2.23. The van der Waals surface area contributed by atoms with Gasteiger partial charge in [-0.1, -0.05) is 152 Å². The second kappa shape index (κ2) is 13.8. The number of anilines is 3. The first-order valence-electron chi connectivity index (χ1n) is 20.3. The molecule has 5 heteroatoms. The largest absolute Gasteiger partial charge is 0.452 e. The van der Waals surface area contributed by atoms with Crippen molar-refractivity contribution in [3.63, 3.8) is 0 Å². The summed E-state index contributed by atoms with van der Waals surface area (Å²) in [5, 5.41) is 6.93. The Kier molecular flexibility index (Phi) is 7.91. The molecule has 0 aliphatic heterocycles. The van der Waals surface area contributed by atoms with E-state index in [0.717, 1.165) is 93.5 Å². The van der Waals surface area contributed by atoms with Crippen LogP contribution in [0.1, 0.15) is 0 Å². The van der Waals surface area contributed by atoms with Crippen LogP contribution in [0.4, 0.5) is 25.8 Å². The summed E-state index contributed by atoms with van der Waals surface area (Å²) < 4.78 is 43.6. The standard InChI is InChI=1S/C56H33F2NO2/c57-49-32-38-12-4-6-14-43(38)51-47-18-8-16-45(53(47)60-55(49)51)36-22-28-41(29-23-36)59(40-26-20-35(21-27-40)34-10-2-1-3-11-34)42-30-24-37(25-31-42)46-17-9-19-48-52-44-15-7-5-13-39(44)33-50(58)56(52)61-54(46)48/h1-33H. The Morgan fingerprint density at radius 2 is 0.689 bits per heavy atom. The van der Waals surface area contributed by atoms with Crippen molar-refractivity contribution in [1.82, 2.24) is 0 Å². The first kappa shape index (κ1) is 35.0. The molecule has 0 aliphatic rings. The fourth-order valence-electron chi connectivity index (χ4n) is 9.13. The molecule has 288 valence electrons.